The Labute approximate surface area is 166 Å². The number of rotatable bonds is 8. The summed E-state index contributed by atoms with van der Waals surface area (Å²) in [5.41, 5.74) is -1.64. The van der Waals surface area contributed by atoms with Gasteiger partial charge in [0.2, 0.25) is 0 Å². The van der Waals surface area contributed by atoms with Crippen LogP contribution in [0.4, 0.5) is 26.3 Å². The maximum absolute atomic E-state index is 14.1. The zero-order valence-corrected chi connectivity index (χ0v) is 19.7. The van der Waals surface area contributed by atoms with Crippen molar-refractivity contribution in [2.75, 3.05) is 0 Å². The molecule has 28 heavy (non-hydrogen) atoms. The van der Waals surface area contributed by atoms with Crippen molar-refractivity contribution in [3.63, 3.8) is 0 Å². The number of alkyl halides is 6. The van der Waals surface area contributed by atoms with E-state index in [2.05, 4.69) is 0 Å². The van der Waals surface area contributed by atoms with Crippen LogP contribution in [0.25, 0.3) is 0 Å². The Morgan fingerprint density at radius 3 is 0.893 bits per heavy atom. The topological polar surface area (TPSA) is 0 Å². The first-order chi connectivity index (χ1) is 12.8. The van der Waals surface area contributed by atoms with Gasteiger partial charge in [-0.15, -0.1) is 0 Å². The van der Waals surface area contributed by atoms with Crippen LogP contribution in [-0.2, 0) is 12.4 Å². The van der Waals surface area contributed by atoms with Crippen LogP contribution in [-0.4, -0.2) is 16.1 Å². The van der Waals surface area contributed by atoms with Gasteiger partial charge in [-0.3, -0.25) is 0 Å². The molecular formula is C20H32F6Si2. The van der Waals surface area contributed by atoms with Gasteiger partial charge in [-0.05, 0) is 10.4 Å². The molecule has 0 fully saturated rings. The van der Waals surface area contributed by atoms with Crippen LogP contribution in [0, 0.1) is 0 Å². The lowest BCUT2D eigenvalue weighted by molar-refractivity contribution is -0.140. The number of benzene rings is 1. The standard InChI is InChI=1S/C20H32F6Si2/c1-7-27(8-2,9-3)17-13-16(20(24,25)26)18(14-15(17)19(21,22)23)28(10-4,11-5)12-6/h13-14H,7-12H2,1-6H3. The molecular weight excluding hydrogens is 410 g/mol. The lowest BCUT2D eigenvalue weighted by atomic mass is 10.1. The van der Waals surface area contributed by atoms with Crippen molar-refractivity contribution in [3.8, 4) is 0 Å². The monoisotopic (exact) mass is 442 g/mol. The average molecular weight is 443 g/mol. The molecule has 0 saturated carbocycles. The van der Waals surface area contributed by atoms with Gasteiger partial charge in [0.25, 0.3) is 0 Å². The Hall–Kier alpha value is -0.766. The molecule has 0 bridgehead atoms. The third kappa shape index (κ3) is 4.52. The Bertz CT molecular complexity index is 582. The lowest BCUT2D eigenvalue weighted by Gasteiger charge is -2.36. The van der Waals surface area contributed by atoms with Crippen molar-refractivity contribution in [3.05, 3.63) is 23.3 Å². The second-order valence-electron chi connectivity index (χ2n) is 7.62. The third-order valence-electron chi connectivity index (χ3n) is 6.97. The van der Waals surface area contributed by atoms with E-state index >= 15 is 0 Å². The van der Waals surface area contributed by atoms with Crippen LogP contribution >= 0.6 is 0 Å². The largest absolute Gasteiger partial charge is 0.416 e. The summed E-state index contributed by atoms with van der Waals surface area (Å²) in [5.74, 6) is 0. The highest BCUT2D eigenvalue weighted by Gasteiger charge is 2.47. The van der Waals surface area contributed by atoms with Gasteiger partial charge < -0.3 is 0 Å². The third-order valence-corrected chi connectivity index (χ3v) is 18.2. The summed E-state index contributed by atoms with van der Waals surface area (Å²) in [5, 5.41) is -0.121. The van der Waals surface area contributed by atoms with E-state index in [1.807, 2.05) is 41.5 Å². The Morgan fingerprint density at radius 2 is 0.750 bits per heavy atom. The second kappa shape index (κ2) is 8.94. The maximum Gasteiger partial charge on any atom is 0.416 e. The van der Waals surface area contributed by atoms with Gasteiger partial charge in [-0.2, -0.15) is 26.3 Å². The molecule has 0 atom stereocenters. The molecule has 0 heterocycles. The zero-order chi connectivity index (χ0) is 22.0. The van der Waals surface area contributed by atoms with Gasteiger partial charge in [-0.25, -0.2) is 0 Å². The highest BCUT2D eigenvalue weighted by molar-refractivity contribution is 6.93. The molecule has 1 aromatic carbocycles. The molecule has 0 aliphatic rings. The van der Waals surface area contributed by atoms with Crippen molar-refractivity contribution in [2.24, 2.45) is 0 Å². The summed E-state index contributed by atoms with van der Waals surface area (Å²) in [4.78, 5) is 0. The van der Waals surface area contributed by atoms with Crippen molar-refractivity contribution >= 4 is 26.5 Å². The van der Waals surface area contributed by atoms with E-state index in [0.717, 1.165) is 12.1 Å². The highest BCUT2D eigenvalue weighted by atomic mass is 28.3. The summed E-state index contributed by atoms with van der Waals surface area (Å²) in [6, 6.07) is 4.80. The molecule has 0 radical (unpaired) electrons. The van der Waals surface area contributed by atoms with E-state index in [1.165, 1.54) is 0 Å². The van der Waals surface area contributed by atoms with Crippen molar-refractivity contribution in [2.45, 2.75) is 90.2 Å². The van der Waals surface area contributed by atoms with Crippen LogP contribution in [0.15, 0.2) is 12.1 Å². The predicted octanol–water partition coefficient (Wildman–Crippen LogP) is 7.16. The number of halogens is 6. The first-order valence-electron chi connectivity index (χ1n) is 10.2. The minimum absolute atomic E-state index is 0.0604. The van der Waals surface area contributed by atoms with Crippen LogP contribution < -0.4 is 10.4 Å². The Kier molecular flexibility index (Phi) is 8.07. The molecule has 0 amide bonds. The van der Waals surface area contributed by atoms with Gasteiger partial charge in [0, 0.05) is 0 Å². The molecule has 0 aromatic heterocycles. The summed E-state index contributed by atoms with van der Waals surface area (Å²) >= 11 is 0. The number of hydrogen-bond donors (Lipinski definition) is 0. The SMILES string of the molecule is CC[Si](CC)(CC)c1cc(C(F)(F)F)c([Si](CC)(CC)CC)cc1C(F)(F)F. The lowest BCUT2D eigenvalue weighted by Crippen LogP contribution is -2.54. The smallest absolute Gasteiger partial charge is 0.166 e. The van der Waals surface area contributed by atoms with Crippen LogP contribution in [0.1, 0.15) is 52.7 Å². The molecule has 1 rings (SSSR count). The van der Waals surface area contributed by atoms with Gasteiger partial charge in [0.05, 0.1) is 27.3 Å². The average Bonchev–Trinajstić information content (AvgIpc) is 2.64. The molecule has 8 heteroatoms. The summed E-state index contributed by atoms with van der Waals surface area (Å²) in [6.07, 6.45) is -9.30. The molecule has 0 nitrogen and oxygen atoms in total. The van der Waals surface area contributed by atoms with Gasteiger partial charge in [0.1, 0.15) is 0 Å². The molecule has 0 saturated heterocycles. The summed E-state index contributed by atoms with van der Waals surface area (Å²) < 4.78 is 84.3. The summed E-state index contributed by atoms with van der Waals surface area (Å²) in [7, 11) is -5.35. The minimum atomic E-state index is -4.65. The van der Waals surface area contributed by atoms with E-state index in [0.29, 0.717) is 36.3 Å². The van der Waals surface area contributed by atoms with Crippen molar-refractivity contribution in [1.82, 2.24) is 0 Å². The molecule has 0 aliphatic heterocycles. The van der Waals surface area contributed by atoms with E-state index < -0.39 is 39.6 Å². The van der Waals surface area contributed by atoms with E-state index in [1.54, 1.807) is 0 Å². The molecule has 0 N–H and O–H groups in total. The van der Waals surface area contributed by atoms with E-state index in [4.69, 9.17) is 0 Å². The molecule has 0 spiro atoms. The number of hydrogen-bond acceptors (Lipinski definition) is 0. The van der Waals surface area contributed by atoms with Crippen LogP contribution in [0.5, 0.6) is 0 Å². The Balaban J connectivity index is 4.13. The highest BCUT2D eigenvalue weighted by Crippen LogP contribution is 2.37. The van der Waals surface area contributed by atoms with E-state index in [9.17, 15) is 26.3 Å². The van der Waals surface area contributed by atoms with Gasteiger partial charge in [-0.1, -0.05) is 89.9 Å². The maximum atomic E-state index is 14.1. The van der Waals surface area contributed by atoms with Crippen LogP contribution in [0.3, 0.4) is 0 Å². The van der Waals surface area contributed by atoms with Gasteiger partial charge in [0.15, 0.2) is 0 Å². The minimum Gasteiger partial charge on any atom is -0.166 e. The quantitative estimate of drug-likeness (QED) is 0.296. The molecule has 162 valence electrons. The fraction of sp³-hybridized carbons (Fsp3) is 0.700. The first-order valence-corrected chi connectivity index (χ1v) is 15.4. The second-order valence-corrected chi connectivity index (χ2v) is 18.1. The van der Waals surface area contributed by atoms with Crippen molar-refractivity contribution < 1.29 is 26.3 Å². The fourth-order valence-electron chi connectivity index (χ4n) is 4.59. The van der Waals surface area contributed by atoms with Crippen LogP contribution in [0.2, 0.25) is 36.3 Å². The normalized spacial score (nSPS) is 13.9. The van der Waals surface area contributed by atoms with E-state index in [-0.39, 0.29) is 10.4 Å². The van der Waals surface area contributed by atoms with Gasteiger partial charge >= 0.3 is 12.4 Å². The zero-order valence-electron chi connectivity index (χ0n) is 17.7. The first kappa shape index (κ1) is 25.3. The fourth-order valence-corrected chi connectivity index (χ4v) is 12.3. The molecule has 0 unspecified atom stereocenters. The summed E-state index contributed by atoms with van der Waals surface area (Å²) in [6.45, 7) is 10.9. The molecule has 1 aromatic rings. The van der Waals surface area contributed by atoms with Crippen molar-refractivity contribution in [1.29, 1.82) is 0 Å². The Morgan fingerprint density at radius 1 is 0.536 bits per heavy atom. The molecule has 0 aliphatic carbocycles. The predicted molar refractivity (Wildman–Crippen MR) is 110 cm³/mol.